The normalized spacial score (nSPS) is 20.4. The van der Waals surface area contributed by atoms with E-state index >= 15 is 0 Å². The van der Waals surface area contributed by atoms with Crippen molar-refractivity contribution in [1.82, 2.24) is 0 Å². The van der Waals surface area contributed by atoms with Gasteiger partial charge in [-0.15, -0.1) is 0 Å². The number of halogens is 1. The van der Waals surface area contributed by atoms with Crippen molar-refractivity contribution in [2.24, 2.45) is 0 Å². The number of anilines is 2. The lowest BCUT2D eigenvalue weighted by Gasteiger charge is -2.33. The minimum absolute atomic E-state index is 0.00135. The van der Waals surface area contributed by atoms with E-state index in [9.17, 15) is 22.4 Å². The molecule has 2 heterocycles. The number of ether oxygens (including phenoxy) is 2. The molecule has 3 aromatic rings. The number of hydrogen-bond acceptors (Lipinski definition) is 6. The van der Waals surface area contributed by atoms with E-state index in [4.69, 9.17) is 9.47 Å². The Kier molecular flexibility index (Phi) is 5.28. The van der Waals surface area contributed by atoms with E-state index in [1.54, 1.807) is 30.3 Å². The van der Waals surface area contributed by atoms with E-state index in [1.165, 1.54) is 55.5 Å². The molecule has 0 bridgehead atoms. The minimum atomic E-state index is -4.31. The maximum atomic E-state index is 14.1. The third kappa shape index (κ3) is 3.20. The summed E-state index contributed by atoms with van der Waals surface area (Å²) >= 11 is 0. The van der Waals surface area contributed by atoms with Crippen molar-refractivity contribution in [2.45, 2.75) is 11.4 Å². The van der Waals surface area contributed by atoms with Crippen LogP contribution in [0.5, 0.6) is 11.5 Å². The van der Waals surface area contributed by atoms with Crippen LogP contribution in [-0.2, 0) is 30.8 Å². The summed E-state index contributed by atoms with van der Waals surface area (Å²) in [6.45, 7) is 0.00135. The molecule has 8 nitrogen and oxygen atoms in total. The quantitative estimate of drug-likeness (QED) is 0.539. The highest BCUT2D eigenvalue weighted by atomic mass is 32.2. The number of hydrogen-bond donors (Lipinski definition) is 0. The van der Waals surface area contributed by atoms with Crippen molar-refractivity contribution in [1.29, 1.82) is 0 Å². The zero-order valence-corrected chi connectivity index (χ0v) is 19.7. The second kappa shape index (κ2) is 8.09. The molecular weight excluding hydrogens is 475 g/mol. The summed E-state index contributed by atoms with van der Waals surface area (Å²) in [5.41, 5.74) is 1.34. The average molecular weight is 497 g/mol. The fourth-order valence-electron chi connectivity index (χ4n) is 4.79. The third-order valence-electron chi connectivity index (χ3n) is 6.30. The molecule has 10 heteroatoms. The fraction of sp³-hybridized carbons (Fsp3) is 0.200. The predicted octanol–water partition coefficient (Wildman–Crippen LogP) is 3.00. The molecule has 180 valence electrons. The van der Waals surface area contributed by atoms with Gasteiger partial charge in [0.05, 0.1) is 32.1 Å². The van der Waals surface area contributed by atoms with Gasteiger partial charge < -0.3 is 14.4 Å². The monoisotopic (exact) mass is 496 g/mol. The van der Waals surface area contributed by atoms with Crippen LogP contribution in [0.2, 0.25) is 0 Å². The molecule has 0 aromatic heterocycles. The second-order valence-corrected chi connectivity index (χ2v) is 10.3. The number of benzene rings is 3. The Bertz CT molecular complexity index is 1460. The van der Waals surface area contributed by atoms with Gasteiger partial charge in [-0.2, -0.15) is 0 Å². The Morgan fingerprint density at radius 2 is 1.63 bits per heavy atom. The number of carbonyl (C=O) groups is 2. The summed E-state index contributed by atoms with van der Waals surface area (Å²) in [5.74, 6) is -2.10. The van der Waals surface area contributed by atoms with Gasteiger partial charge in [-0.05, 0) is 35.9 Å². The molecule has 0 saturated carbocycles. The van der Waals surface area contributed by atoms with Gasteiger partial charge in [0.15, 0.2) is 21.3 Å². The number of sulfone groups is 1. The van der Waals surface area contributed by atoms with Crippen LogP contribution in [0.1, 0.15) is 11.1 Å². The van der Waals surface area contributed by atoms with E-state index in [2.05, 4.69) is 0 Å². The molecule has 2 aliphatic rings. The van der Waals surface area contributed by atoms with Gasteiger partial charge in [0.2, 0.25) is 5.91 Å². The minimum Gasteiger partial charge on any atom is -0.493 e. The lowest BCUT2D eigenvalue weighted by molar-refractivity contribution is -0.123. The number of rotatable bonds is 5. The summed E-state index contributed by atoms with van der Waals surface area (Å²) in [6, 6.07) is 16.6. The Hall–Kier alpha value is -3.92. The molecule has 0 N–H and O–H groups in total. The SMILES string of the molecule is COc1ccc(N2C(=O)CS(=O)(=O)C23C(=O)N(Cc2ccc(F)cc2)c2ccccc23)cc1OC. The largest absolute Gasteiger partial charge is 0.493 e. The first-order valence-corrected chi connectivity index (χ1v) is 12.3. The lowest BCUT2D eigenvalue weighted by Crippen LogP contribution is -2.54. The highest BCUT2D eigenvalue weighted by molar-refractivity contribution is 7.94. The highest BCUT2D eigenvalue weighted by Gasteiger charge is 2.69. The van der Waals surface area contributed by atoms with Crippen LogP contribution in [0.15, 0.2) is 66.7 Å². The molecule has 0 aliphatic carbocycles. The average Bonchev–Trinajstić information content (AvgIpc) is 3.22. The Labute approximate surface area is 201 Å². The highest BCUT2D eigenvalue weighted by Crippen LogP contribution is 2.53. The van der Waals surface area contributed by atoms with Crippen LogP contribution in [0.3, 0.4) is 0 Å². The Morgan fingerprint density at radius 3 is 2.31 bits per heavy atom. The molecule has 0 radical (unpaired) electrons. The van der Waals surface area contributed by atoms with Crippen LogP contribution >= 0.6 is 0 Å². The number of fused-ring (bicyclic) bond motifs is 2. The van der Waals surface area contributed by atoms with E-state index in [1.807, 2.05) is 0 Å². The molecule has 1 fully saturated rings. The first kappa shape index (κ1) is 22.9. The maximum absolute atomic E-state index is 14.1. The van der Waals surface area contributed by atoms with Crippen molar-refractivity contribution in [3.05, 3.63) is 83.7 Å². The molecule has 1 unspecified atom stereocenters. The van der Waals surface area contributed by atoms with Gasteiger partial charge >= 0.3 is 0 Å². The van der Waals surface area contributed by atoms with Crippen LogP contribution in [0, 0.1) is 5.82 Å². The van der Waals surface area contributed by atoms with Gasteiger partial charge in [0.1, 0.15) is 11.6 Å². The van der Waals surface area contributed by atoms with Crippen molar-refractivity contribution < 1.29 is 31.9 Å². The fourth-order valence-corrected chi connectivity index (χ4v) is 6.82. The standard InChI is InChI=1S/C25H21FN2O6S/c1-33-21-12-11-18(13-22(21)34-2)28-23(29)15-35(31,32)25(28)19-5-3-4-6-20(19)27(24(25)30)14-16-7-9-17(26)10-8-16/h3-13H,14-15H2,1-2H3. The first-order valence-electron chi connectivity index (χ1n) is 10.7. The van der Waals surface area contributed by atoms with E-state index < -0.39 is 38.1 Å². The summed E-state index contributed by atoms with van der Waals surface area (Å²) in [5, 5.41) is 0. The van der Waals surface area contributed by atoms with Crippen LogP contribution in [0.25, 0.3) is 0 Å². The molecule has 2 amide bonds. The molecule has 2 aliphatic heterocycles. The van der Waals surface area contributed by atoms with Crippen molar-refractivity contribution >= 4 is 33.0 Å². The second-order valence-electron chi connectivity index (χ2n) is 8.21. The summed E-state index contributed by atoms with van der Waals surface area (Å²) in [4.78, 5) is 27.4. The van der Waals surface area contributed by atoms with E-state index in [0.717, 1.165) is 4.90 Å². The Balaban J connectivity index is 1.72. The molecule has 1 spiro atoms. The number of methoxy groups -OCH3 is 2. The molecule has 35 heavy (non-hydrogen) atoms. The first-order chi connectivity index (χ1) is 16.7. The number of para-hydroxylation sites is 1. The molecule has 3 aromatic carbocycles. The smallest absolute Gasteiger partial charge is 0.274 e. The van der Waals surface area contributed by atoms with Gasteiger partial charge in [-0.3, -0.25) is 14.5 Å². The van der Waals surface area contributed by atoms with Crippen molar-refractivity contribution in [3.63, 3.8) is 0 Å². The zero-order chi connectivity index (χ0) is 25.0. The zero-order valence-electron chi connectivity index (χ0n) is 18.9. The molecular formula is C25H21FN2O6S. The van der Waals surface area contributed by atoms with Crippen LogP contribution in [-0.4, -0.2) is 40.2 Å². The topological polar surface area (TPSA) is 93.2 Å². The van der Waals surface area contributed by atoms with Gasteiger partial charge in [-0.1, -0.05) is 30.3 Å². The maximum Gasteiger partial charge on any atom is 0.274 e. The van der Waals surface area contributed by atoms with E-state index in [0.29, 0.717) is 17.0 Å². The lowest BCUT2D eigenvalue weighted by atomic mass is 10.0. The van der Waals surface area contributed by atoms with Crippen LogP contribution < -0.4 is 19.3 Å². The number of nitrogens with zero attached hydrogens (tertiary/aromatic N) is 2. The third-order valence-corrected chi connectivity index (χ3v) is 8.41. The van der Waals surface area contributed by atoms with E-state index in [-0.39, 0.29) is 23.5 Å². The van der Waals surface area contributed by atoms with Crippen LogP contribution in [0.4, 0.5) is 15.8 Å². The number of amides is 2. The van der Waals surface area contributed by atoms with Gasteiger partial charge in [-0.25, -0.2) is 12.8 Å². The molecule has 5 rings (SSSR count). The van der Waals surface area contributed by atoms with Crippen molar-refractivity contribution in [3.8, 4) is 11.5 Å². The Morgan fingerprint density at radius 1 is 0.943 bits per heavy atom. The summed E-state index contributed by atoms with van der Waals surface area (Å²) < 4.78 is 51.4. The van der Waals surface area contributed by atoms with Crippen molar-refractivity contribution in [2.75, 3.05) is 29.8 Å². The molecule has 1 atom stereocenters. The summed E-state index contributed by atoms with van der Waals surface area (Å²) in [6.07, 6.45) is 0. The molecule has 1 saturated heterocycles. The summed E-state index contributed by atoms with van der Waals surface area (Å²) in [7, 11) is -1.44. The number of carbonyl (C=O) groups excluding carboxylic acids is 2. The van der Waals surface area contributed by atoms with Gasteiger partial charge in [0, 0.05) is 11.6 Å². The van der Waals surface area contributed by atoms with Gasteiger partial charge in [0.25, 0.3) is 10.8 Å². The predicted molar refractivity (Wildman–Crippen MR) is 127 cm³/mol.